The molecule has 0 aromatic carbocycles. The van der Waals surface area contributed by atoms with E-state index in [9.17, 15) is 9.59 Å². The average molecular weight is 272 g/mol. The van der Waals surface area contributed by atoms with Gasteiger partial charge in [0.1, 0.15) is 12.3 Å². The van der Waals surface area contributed by atoms with E-state index in [2.05, 4.69) is 4.98 Å². The van der Waals surface area contributed by atoms with Crippen LogP contribution in [-0.2, 0) is 16.1 Å². The molecule has 1 aliphatic rings. The minimum Gasteiger partial charge on any atom is -0.459 e. The largest absolute Gasteiger partial charge is 0.459 e. The van der Waals surface area contributed by atoms with E-state index in [1.165, 1.54) is 10.5 Å². The summed E-state index contributed by atoms with van der Waals surface area (Å²) in [7, 11) is 0. The van der Waals surface area contributed by atoms with E-state index in [-0.39, 0.29) is 24.1 Å². The molecule has 0 aliphatic heterocycles. The third-order valence-electron chi connectivity index (χ3n) is 3.71. The molecule has 0 saturated heterocycles. The molecule has 2 atom stereocenters. The van der Waals surface area contributed by atoms with Crippen LogP contribution in [0.1, 0.15) is 24.6 Å². The Morgan fingerprint density at radius 2 is 2.30 bits per heavy atom. The average Bonchev–Trinajstić information content (AvgIpc) is 3.14. The number of aryl methyl sites for hydroxylation is 1. The first-order valence-corrected chi connectivity index (χ1v) is 6.71. The topological polar surface area (TPSA) is 60.7 Å². The Balaban J connectivity index is 1.83. The maximum atomic E-state index is 12.0. The minimum atomic E-state index is -0.190. The second-order valence-electron chi connectivity index (χ2n) is 5.40. The molecule has 0 spiro atoms. The highest BCUT2D eigenvalue weighted by Crippen LogP contribution is 2.38. The van der Waals surface area contributed by atoms with E-state index in [0.717, 1.165) is 12.0 Å². The highest BCUT2D eigenvalue weighted by molar-refractivity contribution is 5.75. The van der Waals surface area contributed by atoms with Crippen molar-refractivity contribution in [2.24, 2.45) is 11.8 Å². The minimum absolute atomic E-state index is 0.0262. The fraction of sp³-hybridized carbons (Fsp3) is 0.400. The number of hydrogen-bond acceptors (Lipinski definition) is 4. The smallest absolute Gasteiger partial charge is 0.309 e. The van der Waals surface area contributed by atoms with Crippen LogP contribution < -0.4 is 5.56 Å². The molecular formula is C15H16N2O3. The molecule has 2 aromatic heterocycles. The van der Waals surface area contributed by atoms with Gasteiger partial charge in [0.05, 0.1) is 11.6 Å². The van der Waals surface area contributed by atoms with Gasteiger partial charge in [0.2, 0.25) is 0 Å². The predicted octanol–water partition coefficient (Wildman–Crippen LogP) is 1.70. The standard InChI is InChI=1S/C15H16N2O3/c1-9-4-3-5-17-13(18)7-11(16-14(9)17)8-20-15(19)12-6-10(12)2/h3-5,7,10,12H,6,8H2,1-2H3/t10-,12-/m0/s1. The molecule has 1 saturated carbocycles. The number of nitrogens with zero attached hydrogens (tertiary/aromatic N) is 2. The fourth-order valence-electron chi connectivity index (χ4n) is 2.29. The summed E-state index contributed by atoms with van der Waals surface area (Å²) in [5, 5.41) is 0. The SMILES string of the molecule is Cc1cccn2c(=O)cc(COC(=O)[C@H]3C[C@@H]3C)nc12. The number of ether oxygens (including phenoxy) is 1. The summed E-state index contributed by atoms with van der Waals surface area (Å²) in [5.74, 6) is 0.252. The number of carbonyl (C=O) groups is 1. The Morgan fingerprint density at radius 3 is 3.00 bits per heavy atom. The Kier molecular flexibility index (Phi) is 3.04. The maximum Gasteiger partial charge on any atom is 0.309 e. The van der Waals surface area contributed by atoms with Gasteiger partial charge in [-0.3, -0.25) is 14.0 Å². The van der Waals surface area contributed by atoms with Crippen LogP contribution in [0.3, 0.4) is 0 Å². The van der Waals surface area contributed by atoms with Gasteiger partial charge in [-0.2, -0.15) is 0 Å². The van der Waals surface area contributed by atoms with Crippen molar-refractivity contribution in [1.82, 2.24) is 9.38 Å². The van der Waals surface area contributed by atoms with Crippen LogP contribution in [0.4, 0.5) is 0 Å². The number of pyridine rings is 1. The number of carbonyl (C=O) groups excluding carboxylic acids is 1. The van der Waals surface area contributed by atoms with E-state index >= 15 is 0 Å². The van der Waals surface area contributed by atoms with Crippen molar-refractivity contribution in [3.63, 3.8) is 0 Å². The van der Waals surface area contributed by atoms with Crippen molar-refractivity contribution in [2.75, 3.05) is 0 Å². The molecule has 0 N–H and O–H groups in total. The summed E-state index contributed by atoms with van der Waals surface area (Å²) in [6.07, 6.45) is 2.57. The lowest BCUT2D eigenvalue weighted by atomic mass is 10.3. The highest BCUT2D eigenvalue weighted by Gasteiger charge is 2.40. The van der Waals surface area contributed by atoms with Gasteiger partial charge in [0, 0.05) is 12.3 Å². The molecular weight excluding hydrogens is 256 g/mol. The maximum absolute atomic E-state index is 12.0. The predicted molar refractivity (Wildman–Crippen MR) is 73.3 cm³/mol. The molecule has 5 nitrogen and oxygen atoms in total. The molecule has 3 rings (SSSR count). The van der Waals surface area contributed by atoms with Gasteiger partial charge in [-0.1, -0.05) is 13.0 Å². The second-order valence-corrected chi connectivity index (χ2v) is 5.40. The lowest BCUT2D eigenvalue weighted by molar-refractivity contribution is -0.147. The number of hydrogen-bond donors (Lipinski definition) is 0. The van der Waals surface area contributed by atoms with E-state index in [1.807, 2.05) is 19.9 Å². The zero-order valence-electron chi connectivity index (χ0n) is 11.5. The molecule has 0 radical (unpaired) electrons. The van der Waals surface area contributed by atoms with Crippen molar-refractivity contribution in [3.05, 3.63) is 46.0 Å². The van der Waals surface area contributed by atoms with Crippen molar-refractivity contribution >= 4 is 11.6 Å². The summed E-state index contributed by atoms with van der Waals surface area (Å²) in [6.45, 7) is 3.97. The van der Waals surface area contributed by atoms with Gasteiger partial charge in [-0.15, -0.1) is 0 Å². The Bertz CT molecular complexity index is 735. The van der Waals surface area contributed by atoms with Crippen LogP contribution in [0.5, 0.6) is 0 Å². The van der Waals surface area contributed by atoms with Crippen LogP contribution in [0.15, 0.2) is 29.2 Å². The van der Waals surface area contributed by atoms with Crippen LogP contribution in [-0.4, -0.2) is 15.4 Å². The van der Waals surface area contributed by atoms with Crippen molar-refractivity contribution in [2.45, 2.75) is 26.9 Å². The monoisotopic (exact) mass is 272 g/mol. The van der Waals surface area contributed by atoms with Crippen LogP contribution >= 0.6 is 0 Å². The zero-order chi connectivity index (χ0) is 14.3. The van der Waals surface area contributed by atoms with Crippen LogP contribution in [0, 0.1) is 18.8 Å². The molecule has 5 heteroatoms. The van der Waals surface area contributed by atoms with E-state index in [1.54, 1.807) is 12.3 Å². The molecule has 104 valence electrons. The normalized spacial score (nSPS) is 20.9. The number of esters is 1. The van der Waals surface area contributed by atoms with Crippen LogP contribution in [0.2, 0.25) is 0 Å². The number of aromatic nitrogens is 2. The van der Waals surface area contributed by atoms with Gasteiger partial charge < -0.3 is 4.74 Å². The van der Waals surface area contributed by atoms with Crippen LogP contribution in [0.25, 0.3) is 5.65 Å². The van der Waals surface area contributed by atoms with Gasteiger partial charge in [-0.05, 0) is 30.9 Å². The molecule has 1 fully saturated rings. The molecule has 20 heavy (non-hydrogen) atoms. The van der Waals surface area contributed by atoms with Gasteiger partial charge in [0.25, 0.3) is 5.56 Å². The summed E-state index contributed by atoms with van der Waals surface area (Å²) in [6, 6.07) is 5.11. The lowest BCUT2D eigenvalue weighted by Crippen LogP contribution is -2.17. The van der Waals surface area contributed by atoms with E-state index < -0.39 is 0 Å². The summed E-state index contributed by atoms with van der Waals surface area (Å²) in [5.41, 5.74) is 1.84. The zero-order valence-corrected chi connectivity index (χ0v) is 11.5. The Morgan fingerprint density at radius 1 is 1.55 bits per heavy atom. The quantitative estimate of drug-likeness (QED) is 0.798. The molecule has 0 unspecified atom stereocenters. The summed E-state index contributed by atoms with van der Waals surface area (Å²) >= 11 is 0. The molecule has 2 aromatic rings. The van der Waals surface area contributed by atoms with Gasteiger partial charge >= 0.3 is 5.97 Å². The molecule has 2 heterocycles. The first kappa shape index (κ1) is 12.8. The molecule has 1 aliphatic carbocycles. The summed E-state index contributed by atoms with van der Waals surface area (Å²) in [4.78, 5) is 28.0. The third kappa shape index (κ3) is 2.31. The first-order chi connectivity index (χ1) is 9.56. The van der Waals surface area contributed by atoms with Gasteiger partial charge in [-0.25, -0.2) is 4.98 Å². The molecule has 0 amide bonds. The number of rotatable bonds is 3. The highest BCUT2D eigenvalue weighted by atomic mass is 16.5. The molecule has 0 bridgehead atoms. The van der Waals surface area contributed by atoms with Crippen molar-refractivity contribution in [1.29, 1.82) is 0 Å². The second kappa shape index (κ2) is 4.74. The first-order valence-electron chi connectivity index (χ1n) is 6.71. The Hall–Kier alpha value is -2.17. The fourth-order valence-corrected chi connectivity index (χ4v) is 2.29. The number of fused-ring (bicyclic) bond motifs is 1. The summed E-state index contributed by atoms with van der Waals surface area (Å²) < 4.78 is 6.71. The van der Waals surface area contributed by atoms with Crippen molar-refractivity contribution < 1.29 is 9.53 Å². The van der Waals surface area contributed by atoms with Crippen molar-refractivity contribution in [3.8, 4) is 0 Å². The third-order valence-corrected chi connectivity index (χ3v) is 3.71. The van der Waals surface area contributed by atoms with E-state index in [0.29, 0.717) is 17.3 Å². The Labute approximate surface area is 116 Å². The lowest BCUT2D eigenvalue weighted by Gasteiger charge is -2.07. The van der Waals surface area contributed by atoms with E-state index in [4.69, 9.17) is 4.74 Å². The van der Waals surface area contributed by atoms with Gasteiger partial charge in [0.15, 0.2) is 0 Å².